The first-order valence-corrected chi connectivity index (χ1v) is 28.6. The van der Waals surface area contributed by atoms with Gasteiger partial charge in [0.05, 0.1) is 0 Å². The van der Waals surface area contributed by atoms with Gasteiger partial charge in [-0.1, -0.05) is 228 Å². The quantitative estimate of drug-likeness (QED) is 0.0262. The van der Waals surface area contributed by atoms with Crippen molar-refractivity contribution in [3.63, 3.8) is 0 Å². The van der Waals surface area contributed by atoms with Gasteiger partial charge in [-0.25, -0.2) is 0 Å². The summed E-state index contributed by atoms with van der Waals surface area (Å²) in [6.45, 7) is 6.47. The van der Waals surface area contributed by atoms with Crippen LogP contribution < -0.4 is 0 Å². The lowest BCUT2D eigenvalue weighted by molar-refractivity contribution is -0.167. The number of esters is 3. The Labute approximate surface area is 420 Å². The summed E-state index contributed by atoms with van der Waals surface area (Å²) < 4.78 is 16.8. The topological polar surface area (TPSA) is 78.9 Å². The van der Waals surface area contributed by atoms with E-state index in [1.54, 1.807) is 0 Å². The Hall–Kier alpha value is -3.41. The summed E-state index contributed by atoms with van der Waals surface area (Å²) in [5, 5.41) is 0. The van der Waals surface area contributed by atoms with Gasteiger partial charge in [0.25, 0.3) is 0 Å². The second-order valence-electron chi connectivity index (χ2n) is 18.8. The summed E-state index contributed by atoms with van der Waals surface area (Å²) in [6, 6.07) is 0. The smallest absolute Gasteiger partial charge is 0.306 e. The highest BCUT2D eigenvalue weighted by atomic mass is 16.6. The molecule has 0 aliphatic rings. The molecule has 1 atom stereocenters. The lowest BCUT2D eigenvalue weighted by Gasteiger charge is -2.18. The average molecular weight is 948 g/mol. The van der Waals surface area contributed by atoms with Crippen LogP contribution in [0.25, 0.3) is 0 Å². The van der Waals surface area contributed by atoms with E-state index < -0.39 is 6.10 Å². The standard InChI is InChI=1S/C62H106O6/c1-4-7-10-13-16-19-22-25-28-30-31-33-34-37-40-43-46-49-52-55-61(64)67-58-59(57-66-60(63)54-51-48-45-42-39-36-27-24-21-18-15-12-9-6-3)68-62(65)56-53-50-47-44-41-38-35-32-29-26-23-20-17-14-11-8-5-2/h7,10,16,19,25-26,28-29,35-36,38-39,44,47,59H,4-6,8-9,11-15,17-18,20-24,27,30-34,37,40-43,45-46,48-58H2,1-3H3/b10-7-,19-16-,28-25-,29-26-,38-35-,39-36-,47-44-. The summed E-state index contributed by atoms with van der Waals surface area (Å²) in [5.41, 5.74) is 0. The molecule has 0 saturated carbocycles. The van der Waals surface area contributed by atoms with Crippen LogP contribution in [0.3, 0.4) is 0 Å². The second kappa shape index (κ2) is 56.2. The Morgan fingerprint density at radius 3 is 0.971 bits per heavy atom. The van der Waals surface area contributed by atoms with Crippen LogP contribution in [0.4, 0.5) is 0 Å². The molecule has 0 aliphatic heterocycles. The highest BCUT2D eigenvalue weighted by Gasteiger charge is 2.19. The number of allylic oxidation sites excluding steroid dienone is 14. The van der Waals surface area contributed by atoms with Gasteiger partial charge in [-0.15, -0.1) is 0 Å². The highest BCUT2D eigenvalue weighted by Crippen LogP contribution is 2.14. The maximum absolute atomic E-state index is 12.8. The Balaban J connectivity index is 4.46. The van der Waals surface area contributed by atoms with E-state index in [1.165, 1.54) is 135 Å². The van der Waals surface area contributed by atoms with Gasteiger partial charge in [0.1, 0.15) is 13.2 Å². The van der Waals surface area contributed by atoms with E-state index in [0.717, 1.165) is 89.9 Å². The molecule has 0 radical (unpaired) electrons. The van der Waals surface area contributed by atoms with Gasteiger partial charge in [-0.2, -0.15) is 0 Å². The third-order valence-corrected chi connectivity index (χ3v) is 12.1. The van der Waals surface area contributed by atoms with Gasteiger partial charge in [0.2, 0.25) is 0 Å². The molecule has 0 N–H and O–H groups in total. The molecule has 1 unspecified atom stereocenters. The fourth-order valence-electron chi connectivity index (χ4n) is 7.82. The Kier molecular flexibility index (Phi) is 53.4. The van der Waals surface area contributed by atoms with Crippen molar-refractivity contribution < 1.29 is 28.6 Å². The average Bonchev–Trinajstić information content (AvgIpc) is 3.34. The van der Waals surface area contributed by atoms with Crippen molar-refractivity contribution in [1.82, 2.24) is 0 Å². The Morgan fingerprint density at radius 2 is 0.588 bits per heavy atom. The van der Waals surface area contributed by atoms with E-state index in [-0.39, 0.29) is 37.5 Å². The molecule has 0 aliphatic carbocycles. The van der Waals surface area contributed by atoms with Crippen molar-refractivity contribution in [1.29, 1.82) is 0 Å². The molecule has 0 aromatic heterocycles. The van der Waals surface area contributed by atoms with Crippen LogP contribution in [0, 0.1) is 0 Å². The minimum Gasteiger partial charge on any atom is -0.462 e. The maximum Gasteiger partial charge on any atom is 0.306 e. The first-order chi connectivity index (χ1) is 33.5. The molecule has 0 bridgehead atoms. The minimum atomic E-state index is -0.812. The van der Waals surface area contributed by atoms with Crippen LogP contribution in [-0.2, 0) is 28.6 Å². The molecule has 0 amide bonds. The van der Waals surface area contributed by atoms with E-state index in [0.29, 0.717) is 19.3 Å². The fraction of sp³-hybridized carbons (Fsp3) is 0.726. The van der Waals surface area contributed by atoms with Gasteiger partial charge < -0.3 is 14.2 Å². The number of hydrogen-bond donors (Lipinski definition) is 0. The molecule has 6 nitrogen and oxygen atoms in total. The van der Waals surface area contributed by atoms with Crippen LogP contribution in [0.5, 0.6) is 0 Å². The molecule has 0 saturated heterocycles. The van der Waals surface area contributed by atoms with E-state index >= 15 is 0 Å². The van der Waals surface area contributed by atoms with Crippen molar-refractivity contribution >= 4 is 17.9 Å². The highest BCUT2D eigenvalue weighted by molar-refractivity contribution is 5.71. The molecule has 0 aromatic carbocycles. The maximum atomic E-state index is 12.8. The van der Waals surface area contributed by atoms with Crippen LogP contribution in [0.1, 0.15) is 271 Å². The number of ether oxygens (including phenoxy) is 3. The lowest BCUT2D eigenvalue weighted by Crippen LogP contribution is -2.30. The van der Waals surface area contributed by atoms with E-state index in [9.17, 15) is 14.4 Å². The van der Waals surface area contributed by atoms with Crippen molar-refractivity contribution in [2.45, 2.75) is 277 Å². The second-order valence-corrected chi connectivity index (χ2v) is 18.8. The van der Waals surface area contributed by atoms with E-state index in [2.05, 4.69) is 106 Å². The molecule has 68 heavy (non-hydrogen) atoms. The van der Waals surface area contributed by atoms with Gasteiger partial charge in [0.15, 0.2) is 6.10 Å². The minimum absolute atomic E-state index is 0.104. The Morgan fingerprint density at radius 1 is 0.309 bits per heavy atom. The van der Waals surface area contributed by atoms with E-state index in [4.69, 9.17) is 14.2 Å². The molecule has 0 fully saturated rings. The van der Waals surface area contributed by atoms with Gasteiger partial charge in [0, 0.05) is 19.3 Å². The van der Waals surface area contributed by atoms with Gasteiger partial charge in [-0.3, -0.25) is 14.4 Å². The first kappa shape index (κ1) is 64.6. The summed E-state index contributed by atoms with van der Waals surface area (Å²) in [4.78, 5) is 38.1. The number of carbonyl (C=O) groups is 3. The zero-order valence-corrected chi connectivity index (χ0v) is 44.6. The number of rotatable bonds is 51. The zero-order chi connectivity index (χ0) is 49.3. The van der Waals surface area contributed by atoms with Crippen molar-refractivity contribution in [2.24, 2.45) is 0 Å². The number of hydrogen-bond acceptors (Lipinski definition) is 6. The summed E-state index contributed by atoms with van der Waals surface area (Å²) in [5.74, 6) is -0.973. The van der Waals surface area contributed by atoms with Crippen molar-refractivity contribution in [3.8, 4) is 0 Å². The molecule has 0 spiro atoms. The molecular weight excluding hydrogens is 841 g/mol. The van der Waals surface area contributed by atoms with Gasteiger partial charge in [-0.05, 0) is 109 Å². The molecule has 0 heterocycles. The molecule has 6 heteroatoms. The van der Waals surface area contributed by atoms with Crippen LogP contribution in [0.15, 0.2) is 85.1 Å². The summed E-state index contributed by atoms with van der Waals surface area (Å²) in [7, 11) is 0. The SMILES string of the molecule is CC/C=C\C/C=C\C/C=C\CCCCCCCCCCCC(=O)OCC(COC(=O)CCCCC/C=C\CCCCCCCCC)OC(=O)CCC/C=C\C/C=C\C/C=C\CCCCCCCC. The van der Waals surface area contributed by atoms with Gasteiger partial charge >= 0.3 is 17.9 Å². The van der Waals surface area contributed by atoms with E-state index in [1.807, 2.05) is 0 Å². The van der Waals surface area contributed by atoms with Crippen LogP contribution >= 0.6 is 0 Å². The molecule has 0 rings (SSSR count). The largest absolute Gasteiger partial charge is 0.462 e. The number of unbranched alkanes of at least 4 members (excludes halogenated alkanes) is 26. The number of carbonyl (C=O) groups excluding carboxylic acids is 3. The Bertz CT molecular complexity index is 1320. The van der Waals surface area contributed by atoms with Crippen LogP contribution in [-0.4, -0.2) is 37.2 Å². The predicted molar refractivity (Wildman–Crippen MR) is 293 cm³/mol. The van der Waals surface area contributed by atoms with Crippen molar-refractivity contribution in [3.05, 3.63) is 85.1 Å². The molecule has 0 aromatic rings. The first-order valence-electron chi connectivity index (χ1n) is 28.6. The van der Waals surface area contributed by atoms with Crippen LogP contribution in [0.2, 0.25) is 0 Å². The summed E-state index contributed by atoms with van der Waals surface area (Å²) >= 11 is 0. The van der Waals surface area contributed by atoms with Crippen molar-refractivity contribution in [2.75, 3.05) is 13.2 Å². The normalized spacial score (nSPS) is 12.7. The lowest BCUT2D eigenvalue weighted by atomic mass is 10.1. The summed E-state index contributed by atoms with van der Waals surface area (Å²) in [6.07, 6.45) is 72.9. The zero-order valence-electron chi connectivity index (χ0n) is 44.6. The third kappa shape index (κ3) is 53.5. The fourth-order valence-corrected chi connectivity index (χ4v) is 7.82. The molecular formula is C62H106O6. The monoisotopic (exact) mass is 947 g/mol. The molecule has 390 valence electrons. The predicted octanol–water partition coefficient (Wildman–Crippen LogP) is 19.2. The third-order valence-electron chi connectivity index (χ3n) is 12.1.